The van der Waals surface area contributed by atoms with Crippen LogP contribution < -0.4 is 15.1 Å². The Morgan fingerprint density at radius 3 is 1.92 bits per heavy atom. The van der Waals surface area contributed by atoms with Gasteiger partial charge in [-0.25, -0.2) is 0 Å². The van der Waals surface area contributed by atoms with Crippen molar-refractivity contribution in [3.8, 4) is 22.8 Å². The van der Waals surface area contributed by atoms with Crippen molar-refractivity contribution in [2.75, 3.05) is 25.1 Å². The highest BCUT2D eigenvalue weighted by atomic mass is 16.5. The maximum Gasteiger partial charge on any atom is 0.235 e. The van der Waals surface area contributed by atoms with Crippen LogP contribution in [-0.4, -0.2) is 25.3 Å². The van der Waals surface area contributed by atoms with Gasteiger partial charge < -0.3 is 19.2 Å². The van der Waals surface area contributed by atoms with Gasteiger partial charge in [0, 0.05) is 30.4 Å². The number of unbranched alkanes of at least 4 members (excludes halogenated alkanes) is 10. The third kappa shape index (κ3) is 8.28. The average molecular weight is 508 g/mol. The Labute approximate surface area is 222 Å². The number of benzene rings is 2. The third-order valence-corrected chi connectivity index (χ3v) is 7.13. The van der Waals surface area contributed by atoms with E-state index in [0.29, 0.717) is 22.3 Å². The molecule has 0 aliphatic carbocycles. The first-order valence-corrected chi connectivity index (χ1v) is 14.3. The average Bonchev–Trinajstić information content (AvgIpc) is 2.93. The first-order valence-electron chi connectivity index (χ1n) is 14.3. The summed E-state index contributed by atoms with van der Waals surface area (Å²) in [5.41, 5.74) is 1.82. The van der Waals surface area contributed by atoms with Gasteiger partial charge in [0.15, 0.2) is 5.76 Å². The van der Waals surface area contributed by atoms with Crippen LogP contribution in [0.25, 0.3) is 22.3 Å². The van der Waals surface area contributed by atoms with Gasteiger partial charge in [-0.05, 0) is 49.2 Å². The van der Waals surface area contributed by atoms with Crippen LogP contribution in [0.5, 0.6) is 11.5 Å². The Hall–Kier alpha value is -2.95. The number of nitrogens with zero attached hydrogens (tertiary/aromatic N) is 1. The van der Waals surface area contributed by atoms with E-state index in [1.54, 1.807) is 25.3 Å². The molecule has 5 heteroatoms. The van der Waals surface area contributed by atoms with Crippen molar-refractivity contribution in [1.82, 2.24) is 0 Å². The Morgan fingerprint density at radius 2 is 1.35 bits per heavy atom. The lowest BCUT2D eigenvalue weighted by atomic mass is 10.1. The van der Waals surface area contributed by atoms with Crippen LogP contribution in [0.4, 0.5) is 5.69 Å². The van der Waals surface area contributed by atoms with Gasteiger partial charge in [-0.2, -0.15) is 0 Å². The minimum absolute atomic E-state index is 0.190. The van der Waals surface area contributed by atoms with Gasteiger partial charge >= 0.3 is 0 Å². The number of methoxy groups -OCH3 is 1. The highest BCUT2D eigenvalue weighted by Gasteiger charge is 2.16. The second-order valence-electron chi connectivity index (χ2n) is 10.0. The van der Waals surface area contributed by atoms with Crippen LogP contribution in [0.15, 0.2) is 51.7 Å². The van der Waals surface area contributed by atoms with Crippen LogP contribution in [0.2, 0.25) is 0 Å². The molecule has 0 amide bonds. The molecule has 1 aromatic heterocycles. The van der Waals surface area contributed by atoms with Crippen molar-refractivity contribution in [3.05, 3.63) is 52.7 Å². The zero-order chi connectivity index (χ0) is 26.5. The molecule has 3 rings (SSSR count). The molecule has 0 atom stereocenters. The molecule has 2 aromatic carbocycles. The molecule has 0 radical (unpaired) electrons. The number of hydrogen-bond acceptors (Lipinski definition) is 5. The molecule has 0 bridgehead atoms. The van der Waals surface area contributed by atoms with Gasteiger partial charge in [-0.15, -0.1) is 0 Å². The molecule has 0 aliphatic heterocycles. The molecule has 3 aromatic rings. The second-order valence-corrected chi connectivity index (χ2v) is 10.0. The summed E-state index contributed by atoms with van der Waals surface area (Å²) in [6, 6.07) is 13.0. The molecule has 0 fully saturated rings. The molecule has 202 valence electrons. The number of hydrogen-bond donors (Lipinski definition) is 1. The van der Waals surface area contributed by atoms with E-state index >= 15 is 0 Å². The largest absolute Gasteiger partial charge is 0.502 e. The first-order chi connectivity index (χ1) is 18.1. The van der Waals surface area contributed by atoms with Crippen molar-refractivity contribution in [2.45, 2.75) is 90.9 Å². The van der Waals surface area contributed by atoms with E-state index in [9.17, 15) is 9.90 Å². The minimum Gasteiger partial charge on any atom is -0.502 e. The van der Waals surface area contributed by atoms with Gasteiger partial charge in [0.2, 0.25) is 11.2 Å². The minimum atomic E-state index is -0.434. The predicted molar refractivity (Wildman–Crippen MR) is 155 cm³/mol. The summed E-state index contributed by atoms with van der Waals surface area (Å²) in [5, 5.41) is 11.0. The van der Waals surface area contributed by atoms with E-state index < -0.39 is 5.43 Å². The predicted octanol–water partition coefficient (Wildman–Crippen LogP) is 8.70. The Kier molecular flexibility index (Phi) is 11.9. The Bertz CT molecular complexity index is 1120. The fraction of sp³-hybridized carbons (Fsp3) is 0.531. The molecule has 37 heavy (non-hydrogen) atoms. The van der Waals surface area contributed by atoms with E-state index in [2.05, 4.69) is 30.9 Å². The van der Waals surface area contributed by atoms with Crippen molar-refractivity contribution < 1.29 is 14.3 Å². The Balaban J connectivity index is 1.74. The number of rotatable bonds is 17. The fourth-order valence-corrected chi connectivity index (χ4v) is 4.85. The molecule has 0 saturated carbocycles. The quantitative estimate of drug-likeness (QED) is 0.185. The number of anilines is 1. The lowest BCUT2D eigenvalue weighted by Gasteiger charge is -2.25. The van der Waals surface area contributed by atoms with Gasteiger partial charge in [0.1, 0.15) is 11.3 Å². The van der Waals surface area contributed by atoms with Gasteiger partial charge in [0.05, 0.1) is 12.5 Å². The second kappa shape index (κ2) is 15.3. The zero-order valence-corrected chi connectivity index (χ0v) is 23.1. The van der Waals surface area contributed by atoms with Crippen LogP contribution in [-0.2, 0) is 0 Å². The normalized spacial score (nSPS) is 11.2. The SMILES string of the molecule is CCCCCCCCN(CCCCCCCC)c1ccc(-c2oc3cc(OC)ccc3c(=O)c2O)cc1. The lowest BCUT2D eigenvalue weighted by Crippen LogP contribution is -2.25. The van der Waals surface area contributed by atoms with Gasteiger partial charge in [-0.3, -0.25) is 4.79 Å². The van der Waals surface area contributed by atoms with Gasteiger partial charge in [-0.1, -0.05) is 78.1 Å². The van der Waals surface area contributed by atoms with E-state index in [0.717, 1.165) is 13.1 Å². The molecule has 1 N–H and O–H groups in total. The van der Waals surface area contributed by atoms with Crippen molar-refractivity contribution in [3.63, 3.8) is 0 Å². The standard InChI is InChI=1S/C32H45NO4/c1-4-6-8-10-12-14-22-33(23-15-13-11-9-7-5-2)26-18-16-25(17-19-26)32-31(35)30(34)28-21-20-27(36-3)24-29(28)37-32/h16-21,24,35H,4-15,22-23H2,1-3H3. The van der Waals surface area contributed by atoms with Crippen molar-refractivity contribution >= 4 is 16.7 Å². The molecule has 0 saturated heterocycles. The summed E-state index contributed by atoms with van der Waals surface area (Å²) in [6.45, 7) is 6.62. The summed E-state index contributed by atoms with van der Waals surface area (Å²) in [5.74, 6) is 0.430. The van der Waals surface area contributed by atoms with Crippen LogP contribution in [0.1, 0.15) is 90.9 Å². The van der Waals surface area contributed by atoms with E-state index in [-0.39, 0.29) is 11.5 Å². The maximum absolute atomic E-state index is 12.8. The van der Waals surface area contributed by atoms with E-state index in [1.807, 2.05) is 12.1 Å². The zero-order valence-electron chi connectivity index (χ0n) is 23.1. The molecule has 0 aliphatic rings. The van der Waals surface area contributed by atoms with Crippen molar-refractivity contribution in [1.29, 1.82) is 0 Å². The summed E-state index contributed by atoms with van der Waals surface area (Å²) in [4.78, 5) is 15.3. The molecular weight excluding hydrogens is 462 g/mol. The molecule has 0 spiro atoms. The highest BCUT2D eigenvalue weighted by Crippen LogP contribution is 2.32. The number of aromatic hydroxyl groups is 1. The molecule has 5 nitrogen and oxygen atoms in total. The van der Waals surface area contributed by atoms with E-state index in [4.69, 9.17) is 9.15 Å². The first kappa shape index (κ1) is 28.6. The maximum atomic E-state index is 12.8. The van der Waals surface area contributed by atoms with Crippen LogP contribution in [0, 0.1) is 0 Å². The lowest BCUT2D eigenvalue weighted by molar-refractivity contribution is 0.413. The van der Waals surface area contributed by atoms with Gasteiger partial charge in [0.25, 0.3) is 0 Å². The Morgan fingerprint density at radius 1 is 0.784 bits per heavy atom. The van der Waals surface area contributed by atoms with Crippen molar-refractivity contribution in [2.24, 2.45) is 0 Å². The third-order valence-electron chi connectivity index (χ3n) is 7.13. The summed E-state index contributed by atoms with van der Waals surface area (Å²) in [7, 11) is 1.57. The fourth-order valence-electron chi connectivity index (χ4n) is 4.85. The smallest absolute Gasteiger partial charge is 0.235 e. The summed E-state index contributed by atoms with van der Waals surface area (Å²) in [6.07, 6.45) is 15.4. The summed E-state index contributed by atoms with van der Waals surface area (Å²) < 4.78 is 11.3. The molecule has 1 heterocycles. The summed E-state index contributed by atoms with van der Waals surface area (Å²) >= 11 is 0. The van der Waals surface area contributed by atoms with Crippen LogP contribution in [0.3, 0.4) is 0 Å². The molecule has 0 unspecified atom stereocenters. The highest BCUT2D eigenvalue weighted by molar-refractivity contribution is 5.83. The van der Waals surface area contributed by atoms with Crippen LogP contribution >= 0.6 is 0 Å². The number of ether oxygens (including phenoxy) is 1. The topological polar surface area (TPSA) is 62.9 Å². The van der Waals surface area contributed by atoms with E-state index in [1.165, 1.54) is 82.7 Å². The number of fused-ring (bicyclic) bond motifs is 1. The molecular formula is C32H45NO4. The monoisotopic (exact) mass is 507 g/mol.